The minimum absolute atomic E-state index is 0.0346. The SMILES string of the molecule is CC1(C)CCC=C2C=CC(C(=O)c3cccc4c3[nH]c3ccccc34)=C21. The quantitative estimate of drug-likeness (QED) is 0.561. The topological polar surface area (TPSA) is 32.9 Å². The van der Waals surface area contributed by atoms with Crippen molar-refractivity contribution < 1.29 is 4.79 Å². The number of aromatic amines is 1. The van der Waals surface area contributed by atoms with E-state index < -0.39 is 0 Å². The summed E-state index contributed by atoms with van der Waals surface area (Å²) in [6, 6.07) is 14.2. The van der Waals surface area contributed by atoms with E-state index in [1.54, 1.807) is 0 Å². The van der Waals surface area contributed by atoms with Crippen LogP contribution in [0.1, 0.15) is 37.0 Å². The molecule has 26 heavy (non-hydrogen) atoms. The third-order valence-electron chi connectivity index (χ3n) is 5.83. The monoisotopic (exact) mass is 339 g/mol. The second kappa shape index (κ2) is 5.31. The zero-order valence-electron chi connectivity index (χ0n) is 15.1. The molecule has 128 valence electrons. The van der Waals surface area contributed by atoms with E-state index in [1.165, 1.54) is 11.1 Å². The number of benzene rings is 2. The molecule has 0 saturated carbocycles. The molecule has 0 saturated heterocycles. The van der Waals surface area contributed by atoms with E-state index in [1.807, 2.05) is 30.3 Å². The number of rotatable bonds is 2. The molecule has 3 aromatic rings. The molecule has 0 radical (unpaired) electrons. The van der Waals surface area contributed by atoms with Crippen molar-refractivity contribution in [1.82, 2.24) is 4.98 Å². The van der Waals surface area contributed by atoms with Crippen molar-refractivity contribution in [2.75, 3.05) is 0 Å². The Morgan fingerprint density at radius 2 is 1.81 bits per heavy atom. The second-order valence-corrected chi connectivity index (χ2v) is 7.93. The van der Waals surface area contributed by atoms with Crippen LogP contribution in [0, 0.1) is 5.41 Å². The van der Waals surface area contributed by atoms with E-state index in [9.17, 15) is 4.79 Å². The van der Waals surface area contributed by atoms with Crippen molar-refractivity contribution in [1.29, 1.82) is 0 Å². The van der Waals surface area contributed by atoms with Crippen LogP contribution < -0.4 is 0 Å². The molecule has 0 atom stereocenters. The number of fused-ring (bicyclic) bond motifs is 4. The summed E-state index contributed by atoms with van der Waals surface area (Å²) in [4.78, 5) is 17.0. The van der Waals surface area contributed by atoms with Crippen molar-refractivity contribution in [3.05, 3.63) is 83.0 Å². The van der Waals surface area contributed by atoms with Gasteiger partial charge >= 0.3 is 0 Å². The highest BCUT2D eigenvalue weighted by atomic mass is 16.1. The lowest BCUT2D eigenvalue weighted by Crippen LogP contribution is -2.21. The molecule has 2 aliphatic carbocycles. The largest absolute Gasteiger partial charge is 0.354 e. The fourth-order valence-electron chi connectivity index (χ4n) is 4.53. The van der Waals surface area contributed by atoms with Gasteiger partial charge in [-0.05, 0) is 41.5 Å². The predicted octanol–water partition coefficient (Wildman–Crippen LogP) is 6.12. The van der Waals surface area contributed by atoms with Gasteiger partial charge < -0.3 is 4.98 Å². The highest BCUT2D eigenvalue weighted by Crippen LogP contribution is 2.46. The van der Waals surface area contributed by atoms with Gasteiger partial charge in [-0.2, -0.15) is 0 Å². The Labute approximate surface area is 152 Å². The summed E-state index contributed by atoms with van der Waals surface area (Å²) in [6.45, 7) is 4.50. The molecule has 5 rings (SSSR count). The van der Waals surface area contributed by atoms with Crippen LogP contribution >= 0.6 is 0 Å². The summed E-state index contributed by atoms with van der Waals surface area (Å²) in [5, 5.41) is 2.27. The smallest absolute Gasteiger partial charge is 0.195 e. The lowest BCUT2D eigenvalue weighted by molar-refractivity contribution is 0.103. The minimum Gasteiger partial charge on any atom is -0.354 e. The van der Waals surface area contributed by atoms with Crippen LogP contribution in [0.4, 0.5) is 0 Å². The normalized spacial score (nSPS) is 18.5. The third kappa shape index (κ3) is 2.08. The van der Waals surface area contributed by atoms with Crippen LogP contribution in [0.25, 0.3) is 21.8 Å². The summed E-state index contributed by atoms with van der Waals surface area (Å²) < 4.78 is 0. The zero-order chi connectivity index (χ0) is 17.9. The molecule has 0 amide bonds. The van der Waals surface area contributed by atoms with E-state index in [0.29, 0.717) is 0 Å². The second-order valence-electron chi connectivity index (χ2n) is 7.93. The number of ketones is 1. The van der Waals surface area contributed by atoms with Crippen LogP contribution in [0.15, 0.2) is 77.4 Å². The van der Waals surface area contributed by atoms with Crippen molar-refractivity contribution in [2.45, 2.75) is 26.7 Å². The van der Waals surface area contributed by atoms with Crippen LogP contribution in [0.5, 0.6) is 0 Å². The number of aromatic nitrogens is 1. The Kier molecular flexibility index (Phi) is 3.14. The van der Waals surface area contributed by atoms with Gasteiger partial charge in [0.25, 0.3) is 0 Å². The Morgan fingerprint density at radius 1 is 1.00 bits per heavy atom. The van der Waals surface area contributed by atoms with Gasteiger partial charge in [-0.3, -0.25) is 4.79 Å². The Balaban J connectivity index is 1.74. The van der Waals surface area contributed by atoms with Crippen molar-refractivity contribution >= 4 is 27.6 Å². The van der Waals surface area contributed by atoms with Crippen LogP contribution in [-0.2, 0) is 0 Å². The van der Waals surface area contributed by atoms with Gasteiger partial charge in [0.15, 0.2) is 5.78 Å². The van der Waals surface area contributed by atoms with E-state index in [4.69, 9.17) is 0 Å². The van der Waals surface area contributed by atoms with Gasteiger partial charge in [0.05, 0.1) is 5.52 Å². The number of nitrogens with one attached hydrogen (secondary N) is 1. The average molecular weight is 339 g/mol. The average Bonchev–Trinajstić information content (AvgIpc) is 3.23. The van der Waals surface area contributed by atoms with E-state index in [0.717, 1.165) is 45.8 Å². The molecular weight excluding hydrogens is 318 g/mol. The van der Waals surface area contributed by atoms with Crippen LogP contribution in [-0.4, -0.2) is 10.8 Å². The van der Waals surface area contributed by atoms with Gasteiger partial charge in [-0.1, -0.05) is 62.4 Å². The highest BCUT2D eigenvalue weighted by molar-refractivity contribution is 6.21. The Hall–Kier alpha value is -2.87. The fraction of sp³-hybridized carbons (Fsp3) is 0.208. The summed E-state index contributed by atoms with van der Waals surface area (Å²) in [7, 11) is 0. The first kappa shape index (κ1) is 15.4. The third-order valence-corrected chi connectivity index (χ3v) is 5.83. The van der Waals surface area contributed by atoms with Gasteiger partial charge in [-0.15, -0.1) is 0 Å². The maximum atomic E-state index is 13.5. The maximum Gasteiger partial charge on any atom is 0.195 e. The fourth-order valence-corrected chi connectivity index (χ4v) is 4.53. The van der Waals surface area contributed by atoms with E-state index in [2.05, 4.69) is 49.2 Å². The van der Waals surface area contributed by atoms with Crippen molar-refractivity contribution in [3.63, 3.8) is 0 Å². The molecule has 0 unspecified atom stereocenters. The van der Waals surface area contributed by atoms with Gasteiger partial charge in [-0.25, -0.2) is 0 Å². The number of hydrogen-bond acceptors (Lipinski definition) is 1. The molecule has 0 fully saturated rings. The van der Waals surface area contributed by atoms with E-state index >= 15 is 0 Å². The van der Waals surface area contributed by atoms with Crippen LogP contribution in [0.3, 0.4) is 0 Å². The Bertz CT molecular complexity index is 1170. The van der Waals surface area contributed by atoms with Crippen molar-refractivity contribution in [3.8, 4) is 0 Å². The molecular formula is C24H21NO. The zero-order valence-corrected chi connectivity index (χ0v) is 15.1. The molecule has 1 aromatic heterocycles. The minimum atomic E-state index is 0.0346. The maximum absolute atomic E-state index is 13.5. The Morgan fingerprint density at radius 3 is 2.69 bits per heavy atom. The molecule has 0 aliphatic heterocycles. The lowest BCUT2D eigenvalue weighted by Gasteiger charge is -2.32. The molecule has 1 N–H and O–H groups in total. The van der Waals surface area contributed by atoms with Gasteiger partial charge in [0, 0.05) is 27.4 Å². The molecule has 0 bridgehead atoms. The highest BCUT2D eigenvalue weighted by Gasteiger charge is 2.35. The molecule has 0 spiro atoms. The van der Waals surface area contributed by atoms with Crippen molar-refractivity contribution in [2.24, 2.45) is 5.41 Å². The molecule has 1 heterocycles. The van der Waals surface area contributed by atoms with Gasteiger partial charge in [0.2, 0.25) is 0 Å². The standard InChI is InChI=1S/C24H21NO/c1-24(2)14-6-7-15-12-13-18(21(15)24)23(26)19-10-5-9-17-16-8-3-4-11-20(16)25-22(17)19/h3-5,7-13,25H,6,14H2,1-2H3. The summed E-state index contributed by atoms with van der Waals surface area (Å²) in [6.07, 6.45) is 8.55. The number of carbonyl (C=O) groups excluding carboxylic acids is 1. The molecule has 2 heteroatoms. The number of carbonyl (C=O) groups is 1. The van der Waals surface area contributed by atoms with E-state index in [-0.39, 0.29) is 11.2 Å². The first-order chi connectivity index (χ1) is 12.6. The first-order valence-electron chi connectivity index (χ1n) is 9.24. The molecule has 2 nitrogen and oxygen atoms in total. The lowest BCUT2D eigenvalue weighted by atomic mass is 9.72. The number of H-pyrrole nitrogens is 1. The number of Topliss-reactive ketones (excluding diaryl/α,β-unsaturated/α-hetero) is 1. The predicted molar refractivity (Wildman–Crippen MR) is 107 cm³/mol. The number of hydrogen-bond donors (Lipinski definition) is 1. The summed E-state index contributed by atoms with van der Waals surface area (Å²) in [5.41, 5.74) is 6.09. The van der Waals surface area contributed by atoms with Crippen LogP contribution in [0.2, 0.25) is 0 Å². The summed E-state index contributed by atoms with van der Waals surface area (Å²) in [5.74, 6) is 0.117. The first-order valence-corrected chi connectivity index (χ1v) is 9.24. The number of allylic oxidation sites excluding steroid dienone is 6. The number of para-hydroxylation sites is 2. The molecule has 2 aliphatic rings. The summed E-state index contributed by atoms with van der Waals surface area (Å²) >= 11 is 0. The molecule has 2 aromatic carbocycles. The van der Waals surface area contributed by atoms with Gasteiger partial charge in [0.1, 0.15) is 0 Å².